The van der Waals surface area contributed by atoms with Gasteiger partial charge in [0.05, 0.1) is 6.54 Å². The van der Waals surface area contributed by atoms with E-state index in [1.165, 1.54) is 15.5 Å². The first-order valence-corrected chi connectivity index (χ1v) is 10.8. The quantitative estimate of drug-likeness (QED) is 0.699. The summed E-state index contributed by atoms with van der Waals surface area (Å²) in [7, 11) is 0. The minimum absolute atomic E-state index is 0.0151. The monoisotopic (exact) mass is 431 g/mol. The van der Waals surface area contributed by atoms with E-state index in [1.54, 1.807) is 13.0 Å². The van der Waals surface area contributed by atoms with Crippen molar-refractivity contribution in [3.05, 3.63) is 49.9 Å². The molecular weight excluding hydrogens is 401 g/mol. The second-order valence-corrected chi connectivity index (χ2v) is 7.85. The highest BCUT2D eigenvalue weighted by atomic mass is 19.1. The second kappa shape index (κ2) is 9.36. The van der Waals surface area contributed by atoms with Crippen LogP contribution in [0.3, 0.4) is 0 Å². The van der Waals surface area contributed by atoms with Gasteiger partial charge in [-0.05, 0) is 44.7 Å². The third-order valence-electron chi connectivity index (χ3n) is 5.76. The van der Waals surface area contributed by atoms with E-state index < -0.39 is 11.2 Å². The van der Waals surface area contributed by atoms with Crippen molar-refractivity contribution in [1.82, 2.24) is 9.55 Å². The lowest BCUT2D eigenvalue weighted by atomic mass is 9.97. The summed E-state index contributed by atoms with van der Waals surface area (Å²) in [6, 6.07) is 3.17. The van der Waals surface area contributed by atoms with Crippen LogP contribution in [-0.2, 0) is 17.8 Å². The van der Waals surface area contributed by atoms with Crippen LogP contribution in [0.4, 0.5) is 21.6 Å². The van der Waals surface area contributed by atoms with Crippen molar-refractivity contribution in [2.45, 2.75) is 53.0 Å². The number of fused-ring (bicyclic) bond motifs is 1. The number of H-pyrrole nitrogens is 1. The number of halogens is 1. The summed E-state index contributed by atoms with van der Waals surface area (Å²) >= 11 is 0. The van der Waals surface area contributed by atoms with Crippen molar-refractivity contribution in [1.29, 1.82) is 0 Å². The number of aromatic nitrogens is 2. The van der Waals surface area contributed by atoms with Gasteiger partial charge >= 0.3 is 5.69 Å². The molecule has 2 aromatic rings. The van der Waals surface area contributed by atoms with E-state index in [0.29, 0.717) is 31.5 Å². The number of nitrogens with one attached hydrogen (secondary N) is 1. The van der Waals surface area contributed by atoms with Gasteiger partial charge in [-0.25, -0.2) is 9.18 Å². The summed E-state index contributed by atoms with van der Waals surface area (Å²) in [5, 5.41) is 0. The lowest BCUT2D eigenvalue weighted by Crippen LogP contribution is -2.46. The molecule has 1 aromatic carbocycles. The Bertz CT molecular complexity index is 1090. The number of anilines is 3. The SMILES string of the molecule is CCCCn1c(N)c(N(CC)C(=O)CN2CCCc3c(F)ccc(C)c32)c(=O)[nH]c1=O. The number of likely N-dealkylation sites (N-methyl/N-ethyl adjacent to an activating group) is 1. The zero-order valence-corrected chi connectivity index (χ0v) is 18.3. The first kappa shape index (κ1) is 22.6. The Morgan fingerprint density at radius 2 is 2.03 bits per heavy atom. The van der Waals surface area contributed by atoms with Gasteiger partial charge in [0.2, 0.25) is 5.91 Å². The van der Waals surface area contributed by atoms with Gasteiger partial charge in [-0.1, -0.05) is 19.4 Å². The summed E-state index contributed by atoms with van der Waals surface area (Å²) in [6.07, 6.45) is 2.92. The van der Waals surface area contributed by atoms with Crippen molar-refractivity contribution < 1.29 is 9.18 Å². The standard InChI is InChI=1S/C22H30FN5O3/c1-4-6-12-28-20(24)19(21(30)25-22(28)31)27(5-2)17(29)13-26-11-7-8-15-16(23)10-9-14(3)18(15)26/h9-10H,4-8,11-13,24H2,1-3H3,(H,25,30,31). The van der Waals surface area contributed by atoms with Crippen LogP contribution in [0.2, 0.25) is 0 Å². The van der Waals surface area contributed by atoms with Crippen LogP contribution >= 0.6 is 0 Å². The van der Waals surface area contributed by atoms with E-state index >= 15 is 0 Å². The normalized spacial score (nSPS) is 13.2. The van der Waals surface area contributed by atoms with Gasteiger partial charge in [-0.2, -0.15) is 0 Å². The van der Waals surface area contributed by atoms with E-state index in [2.05, 4.69) is 4.98 Å². The van der Waals surface area contributed by atoms with E-state index in [1.807, 2.05) is 18.7 Å². The fourth-order valence-corrected chi connectivity index (χ4v) is 4.21. The third-order valence-corrected chi connectivity index (χ3v) is 5.76. The number of hydrogen-bond acceptors (Lipinski definition) is 5. The minimum Gasteiger partial charge on any atom is -0.383 e. The number of nitrogen functional groups attached to an aromatic ring is 1. The van der Waals surface area contributed by atoms with Crippen LogP contribution in [0.5, 0.6) is 0 Å². The summed E-state index contributed by atoms with van der Waals surface area (Å²) in [5.41, 5.74) is 7.15. The van der Waals surface area contributed by atoms with Crippen molar-refractivity contribution in [3.63, 3.8) is 0 Å². The molecule has 3 N–H and O–H groups in total. The summed E-state index contributed by atoms with van der Waals surface area (Å²) < 4.78 is 15.6. The number of nitrogens with two attached hydrogens (primary N) is 1. The molecule has 0 radical (unpaired) electrons. The number of carbonyl (C=O) groups excluding carboxylic acids is 1. The number of aryl methyl sites for hydroxylation is 1. The number of rotatable bonds is 7. The molecule has 3 rings (SSSR count). The van der Waals surface area contributed by atoms with E-state index in [-0.39, 0.29) is 36.3 Å². The highest BCUT2D eigenvalue weighted by molar-refractivity contribution is 5.98. The Labute approximate surface area is 180 Å². The Morgan fingerprint density at radius 1 is 1.29 bits per heavy atom. The van der Waals surface area contributed by atoms with E-state index in [9.17, 15) is 18.8 Å². The van der Waals surface area contributed by atoms with Gasteiger partial charge in [0.25, 0.3) is 5.56 Å². The predicted octanol–water partition coefficient (Wildman–Crippen LogP) is 2.17. The molecule has 0 unspecified atom stereocenters. The predicted molar refractivity (Wildman–Crippen MR) is 120 cm³/mol. The molecule has 0 spiro atoms. The van der Waals surface area contributed by atoms with E-state index in [4.69, 9.17) is 5.73 Å². The molecule has 0 saturated heterocycles. The topological polar surface area (TPSA) is 104 Å². The number of unbranched alkanes of at least 4 members (excludes halogenated alkanes) is 1. The first-order chi connectivity index (χ1) is 14.8. The van der Waals surface area contributed by atoms with Gasteiger partial charge < -0.3 is 15.5 Å². The van der Waals surface area contributed by atoms with Gasteiger partial charge in [-0.3, -0.25) is 19.1 Å². The maximum atomic E-state index is 14.3. The molecule has 168 valence electrons. The molecule has 1 aliphatic rings. The number of carbonyl (C=O) groups is 1. The molecule has 9 heteroatoms. The molecular formula is C22H30FN5O3. The fourth-order valence-electron chi connectivity index (χ4n) is 4.21. The molecule has 0 saturated carbocycles. The smallest absolute Gasteiger partial charge is 0.330 e. The average Bonchev–Trinajstić information content (AvgIpc) is 2.73. The van der Waals surface area contributed by atoms with Crippen LogP contribution in [-0.4, -0.2) is 35.1 Å². The van der Waals surface area contributed by atoms with Crippen LogP contribution in [0, 0.1) is 12.7 Å². The summed E-state index contributed by atoms with van der Waals surface area (Å²) in [6.45, 7) is 6.78. The molecule has 1 aliphatic heterocycles. The van der Waals surface area contributed by atoms with Crippen molar-refractivity contribution in [2.24, 2.45) is 0 Å². The second-order valence-electron chi connectivity index (χ2n) is 7.85. The summed E-state index contributed by atoms with van der Waals surface area (Å²) in [4.78, 5) is 43.5. The minimum atomic E-state index is -0.688. The van der Waals surface area contributed by atoms with Gasteiger partial charge in [-0.15, -0.1) is 0 Å². The number of amides is 1. The Morgan fingerprint density at radius 3 is 2.71 bits per heavy atom. The number of hydrogen-bond donors (Lipinski definition) is 2. The average molecular weight is 432 g/mol. The molecule has 2 heterocycles. The molecule has 1 aromatic heterocycles. The van der Waals surface area contributed by atoms with Gasteiger partial charge in [0, 0.05) is 30.9 Å². The molecule has 1 amide bonds. The molecule has 0 aliphatic carbocycles. The van der Waals surface area contributed by atoms with Gasteiger partial charge in [0.1, 0.15) is 11.6 Å². The maximum absolute atomic E-state index is 14.3. The number of nitrogens with zero attached hydrogens (tertiary/aromatic N) is 3. The lowest BCUT2D eigenvalue weighted by molar-refractivity contribution is -0.117. The van der Waals surface area contributed by atoms with Crippen LogP contribution in [0.25, 0.3) is 0 Å². The van der Waals surface area contributed by atoms with Crippen LogP contribution in [0.1, 0.15) is 44.2 Å². The number of benzene rings is 1. The largest absolute Gasteiger partial charge is 0.383 e. The Kier molecular flexibility index (Phi) is 6.82. The van der Waals surface area contributed by atoms with Crippen molar-refractivity contribution >= 4 is 23.1 Å². The van der Waals surface area contributed by atoms with E-state index in [0.717, 1.165) is 24.1 Å². The van der Waals surface area contributed by atoms with Gasteiger partial charge in [0.15, 0.2) is 5.69 Å². The molecule has 0 atom stereocenters. The maximum Gasteiger partial charge on any atom is 0.330 e. The lowest BCUT2D eigenvalue weighted by Gasteiger charge is -2.34. The van der Waals surface area contributed by atoms with Crippen molar-refractivity contribution in [3.8, 4) is 0 Å². The van der Waals surface area contributed by atoms with Crippen LogP contribution < -0.4 is 26.8 Å². The first-order valence-electron chi connectivity index (χ1n) is 10.8. The molecule has 0 bridgehead atoms. The summed E-state index contributed by atoms with van der Waals surface area (Å²) in [5.74, 6) is -0.621. The Balaban J connectivity index is 1.95. The third kappa shape index (κ3) is 4.35. The molecule has 31 heavy (non-hydrogen) atoms. The molecule has 8 nitrogen and oxygen atoms in total. The highest BCUT2D eigenvalue weighted by Gasteiger charge is 2.28. The fraction of sp³-hybridized carbons (Fsp3) is 0.500. The zero-order valence-electron chi connectivity index (χ0n) is 18.3. The van der Waals surface area contributed by atoms with Crippen LogP contribution in [0.15, 0.2) is 21.7 Å². The highest BCUT2D eigenvalue weighted by Crippen LogP contribution is 2.32. The molecule has 0 fully saturated rings. The number of aromatic amines is 1. The Hall–Kier alpha value is -3.10. The van der Waals surface area contributed by atoms with Crippen molar-refractivity contribution in [2.75, 3.05) is 35.2 Å². The zero-order chi connectivity index (χ0) is 22.7.